The molecule has 4 amide bonds. The first-order chi connectivity index (χ1) is 42.6. The summed E-state index contributed by atoms with van der Waals surface area (Å²) in [6.07, 6.45) is -2.12. The summed E-state index contributed by atoms with van der Waals surface area (Å²) >= 11 is 0. The Kier molecular flexibility index (Phi) is 22.7. The van der Waals surface area contributed by atoms with Crippen molar-refractivity contribution in [3.63, 3.8) is 0 Å². The van der Waals surface area contributed by atoms with Crippen molar-refractivity contribution in [1.29, 1.82) is 0 Å². The van der Waals surface area contributed by atoms with Crippen LogP contribution in [0.25, 0.3) is 21.8 Å². The van der Waals surface area contributed by atoms with Gasteiger partial charge in [0.1, 0.15) is 48.3 Å². The van der Waals surface area contributed by atoms with Gasteiger partial charge in [0.25, 0.3) is 10.1 Å². The van der Waals surface area contributed by atoms with E-state index in [0.29, 0.717) is 32.9 Å². The molecule has 25 heteroatoms. The standard InChI is InChI=1S/C34H48FN3O8SSi.C33H46FN3O6Si/c1-33(2,3)44-32(40)38-20-28(46-48(8,9)34(4,5)6)30(45-47(7,41)42)29(38)26(25-18-36-27-17-23(35)15-16-24(25)27)19-37-31(39)43-21-22-13-11-10-12-14-22;1-32(2,3)42-31(40)37-19-27(43-44(7,8)33(4,5)6)29(38)28(37)25(24-17-35-26-16-22(34)14-15-23(24)26)18-36-30(39)41-20-21-12-10-9-11-13-21/h10-18,26,28-30,36H,19-21H2,1-9H3,(H,37,39);9-17,25,27-29,35,38H,18-20H2,1-8H3,(H,36,39)/t26-,28-,29-,30+;25-,27-,28-,29+/m11/s1. The highest BCUT2D eigenvalue weighted by atomic mass is 32.2. The molecule has 6 aromatic rings. The van der Waals surface area contributed by atoms with Crippen LogP contribution in [0.1, 0.15) is 117 Å². The Bertz CT molecular complexity index is 3620. The Hall–Kier alpha value is -6.88. The van der Waals surface area contributed by atoms with Crippen molar-refractivity contribution in [3.8, 4) is 0 Å². The van der Waals surface area contributed by atoms with Crippen LogP contribution in [-0.2, 0) is 55.3 Å². The van der Waals surface area contributed by atoms with E-state index >= 15 is 0 Å². The van der Waals surface area contributed by atoms with Gasteiger partial charge in [-0.3, -0.25) is 14.0 Å². The molecule has 20 nitrogen and oxygen atoms in total. The predicted octanol–water partition coefficient (Wildman–Crippen LogP) is 13.4. The number of amides is 4. The van der Waals surface area contributed by atoms with Crippen molar-refractivity contribution in [1.82, 2.24) is 30.4 Å². The normalized spacial score (nSPS) is 19.9. The van der Waals surface area contributed by atoms with Gasteiger partial charge in [0.2, 0.25) is 0 Å². The molecule has 4 heterocycles. The lowest BCUT2D eigenvalue weighted by Gasteiger charge is -2.39. The number of carbonyl (C=O) groups is 4. The third kappa shape index (κ3) is 18.9. The summed E-state index contributed by atoms with van der Waals surface area (Å²) in [6, 6.07) is 25.3. The van der Waals surface area contributed by atoms with Gasteiger partial charge >= 0.3 is 24.4 Å². The number of aliphatic hydroxyl groups is 1. The number of likely N-dealkylation sites (tertiary alicyclic amines) is 2. The number of H-pyrrole nitrogens is 2. The minimum atomic E-state index is -4.08. The van der Waals surface area contributed by atoms with Gasteiger partial charge in [-0.15, -0.1) is 0 Å². The summed E-state index contributed by atoms with van der Waals surface area (Å²) in [5.74, 6) is -2.27. The number of hydrogen-bond acceptors (Lipinski definition) is 14. The van der Waals surface area contributed by atoms with Crippen LogP contribution in [0.3, 0.4) is 0 Å². The molecule has 8 atom stereocenters. The van der Waals surface area contributed by atoms with E-state index in [2.05, 4.69) is 75.2 Å². The van der Waals surface area contributed by atoms with Crippen LogP contribution in [0.4, 0.5) is 28.0 Å². The molecule has 504 valence electrons. The Labute approximate surface area is 542 Å². The number of hydrogen-bond donors (Lipinski definition) is 5. The van der Waals surface area contributed by atoms with Gasteiger partial charge in [0.15, 0.2) is 16.6 Å². The van der Waals surface area contributed by atoms with E-state index in [4.69, 9.17) is 32.0 Å². The average Bonchev–Trinajstić information content (AvgIpc) is 1.60. The topological polar surface area (TPSA) is 249 Å². The second kappa shape index (κ2) is 28.8. The first-order valence-electron chi connectivity index (χ1n) is 31.0. The Morgan fingerprint density at radius 3 is 1.37 bits per heavy atom. The third-order valence-electron chi connectivity index (χ3n) is 17.3. The molecule has 2 fully saturated rings. The fraction of sp³-hybridized carbons (Fsp3) is 0.522. The minimum absolute atomic E-state index is 0.0196. The Morgan fingerprint density at radius 2 is 0.978 bits per heavy atom. The monoisotopic (exact) mass is 1330 g/mol. The second-order valence-corrected chi connectivity index (χ2v) is 39.9. The quantitative estimate of drug-likeness (QED) is 0.0305. The van der Waals surface area contributed by atoms with Gasteiger partial charge in [0.05, 0.1) is 43.6 Å². The number of aromatic amines is 2. The lowest BCUT2D eigenvalue weighted by molar-refractivity contribution is 0.00916. The zero-order valence-corrected chi connectivity index (χ0v) is 58.9. The van der Waals surface area contributed by atoms with Crippen LogP contribution in [0.5, 0.6) is 0 Å². The number of aromatic nitrogens is 2. The van der Waals surface area contributed by atoms with E-state index in [1.165, 1.54) is 34.1 Å². The molecule has 0 aliphatic carbocycles. The zero-order chi connectivity index (χ0) is 68.1. The van der Waals surface area contributed by atoms with E-state index in [9.17, 15) is 41.5 Å². The predicted molar refractivity (Wildman–Crippen MR) is 355 cm³/mol. The van der Waals surface area contributed by atoms with Crippen molar-refractivity contribution < 1.29 is 73.5 Å². The van der Waals surface area contributed by atoms with Crippen LogP contribution < -0.4 is 10.6 Å². The van der Waals surface area contributed by atoms with E-state index in [0.717, 1.165) is 17.4 Å². The van der Waals surface area contributed by atoms with E-state index in [-0.39, 0.29) is 49.5 Å². The highest BCUT2D eigenvalue weighted by molar-refractivity contribution is 7.86. The highest BCUT2D eigenvalue weighted by Gasteiger charge is 2.56. The van der Waals surface area contributed by atoms with Gasteiger partial charge in [-0.2, -0.15) is 8.42 Å². The summed E-state index contributed by atoms with van der Waals surface area (Å²) in [5, 5.41) is 18.5. The number of benzene rings is 4. The molecule has 0 unspecified atom stereocenters. The van der Waals surface area contributed by atoms with Gasteiger partial charge in [-0.05, 0) is 136 Å². The zero-order valence-electron chi connectivity index (χ0n) is 56.1. The third-order valence-corrected chi connectivity index (χ3v) is 26.9. The Balaban J connectivity index is 0.000000262. The molecule has 0 radical (unpaired) electrons. The van der Waals surface area contributed by atoms with Gasteiger partial charge in [0, 0.05) is 59.1 Å². The number of ether oxygens (including phenoxy) is 4. The number of rotatable bonds is 18. The Morgan fingerprint density at radius 1 is 0.598 bits per heavy atom. The number of nitrogens with zero attached hydrogens (tertiary/aromatic N) is 2. The molecule has 4 aromatic carbocycles. The molecule has 2 saturated heterocycles. The summed E-state index contributed by atoms with van der Waals surface area (Å²) < 4.78 is 95.9. The minimum Gasteiger partial charge on any atom is -0.445 e. The summed E-state index contributed by atoms with van der Waals surface area (Å²) in [7, 11) is -8.99. The largest absolute Gasteiger partial charge is 0.445 e. The fourth-order valence-electron chi connectivity index (χ4n) is 10.8. The lowest BCUT2D eigenvalue weighted by Crippen LogP contribution is -2.51. The summed E-state index contributed by atoms with van der Waals surface area (Å²) in [5.41, 5.74) is 2.32. The molecule has 2 aromatic heterocycles. The van der Waals surface area contributed by atoms with E-state index < -0.39 is 122 Å². The number of nitrogens with one attached hydrogen (secondary N) is 4. The first-order valence-corrected chi connectivity index (χ1v) is 38.6. The van der Waals surface area contributed by atoms with Gasteiger partial charge in [-0.25, -0.2) is 28.0 Å². The number of fused-ring (bicyclic) bond motifs is 2. The molecule has 0 bridgehead atoms. The van der Waals surface area contributed by atoms with Crippen LogP contribution in [-0.4, -0.2) is 154 Å². The van der Waals surface area contributed by atoms with Crippen LogP contribution in [0.2, 0.25) is 36.3 Å². The summed E-state index contributed by atoms with van der Waals surface area (Å²) in [6.45, 7) is 31.5. The second-order valence-electron chi connectivity index (χ2n) is 28.8. The maximum absolute atomic E-state index is 14.2. The van der Waals surface area contributed by atoms with Crippen molar-refractivity contribution in [3.05, 3.63) is 143 Å². The highest BCUT2D eigenvalue weighted by Crippen LogP contribution is 2.45. The molecular weight excluding hydrogens is 1240 g/mol. The molecule has 0 saturated carbocycles. The number of halogens is 2. The van der Waals surface area contributed by atoms with E-state index in [1.807, 2.05) is 73.8 Å². The smallest absolute Gasteiger partial charge is 0.410 e. The summed E-state index contributed by atoms with van der Waals surface area (Å²) in [4.78, 5) is 62.7. The van der Waals surface area contributed by atoms with Crippen molar-refractivity contribution in [2.45, 2.75) is 192 Å². The van der Waals surface area contributed by atoms with Crippen LogP contribution >= 0.6 is 0 Å². The fourth-order valence-corrected chi connectivity index (χ4v) is 14.1. The molecule has 92 heavy (non-hydrogen) atoms. The van der Waals surface area contributed by atoms with Gasteiger partial charge in [-0.1, -0.05) is 102 Å². The maximum Gasteiger partial charge on any atom is 0.410 e. The number of aliphatic hydroxyl groups excluding tert-OH is 1. The van der Waals surface area contributed by atoms with Crippen molar-refractivity contribution >= 4 is 72.9 Å². The molecule has 2 aliphatic rings. The molecule has 8 rings (SSSR count). The maximum atomic E-state index is 14.2. The molecule has 2 aliphatic heterocycles. The number of carbonyl (C=O) groups excluding carboxylic acids is 4. The molecule has 5 N–H and O–H groups in total. The van der Waals surface area contributed by atoms with Gasteiger partial charge < -0.3 is 53.5 Å². The van der Waals surface area contributed by atoms with Crippen LogP contribution in [0, 0.1) is 11.6 Å². The van der Waals surface area contributed by atoms with E-state index in [1.54, 1.807) is 66.1 Å². The van der Waals surface area contributed by atoms with Crippen molar-refractivity contribution in [2.75, 3.05) is 32.4 Å². The van der Waals surface area contributed by atoms with Crippen molar-refractivity contribution in [2.24, 2.45) is 0 Å². The van der Waals surface area contributed by atoms with Crippen LogP contribution in [0.15, 0.2) is 109 Å². The SMILES string of the molecule is CC(C)(C)OC(=O)N1C[C@@H](O[Si](C)(C)C(C)(C)C)[C@H](O)[C@H]1[C@H](CNC(=O)OCc1ccccc1)c1c[nH]c2cc(F)ccc12.CC(C)(C)OC(=O)N1C[C@@H](O[Si](C)(C)C(C)(C)C)[C@H](OS(C)(=O)=O)[C@H]1[C@H](CNC(=O)OCc1ccccc1)c1c[nH]c2cc(F)ccc12. The molecule has 0 spiro atoms. The molecular formula is C67H94F2N6O14SSi2. The number of alkyl carbamates (subject to hydrolysis) is 2. The average molecular weight is 1330 g/mol. The first kappa shape index (κ1) is 72.5. The lowest BCUT2D eigenvalue weighted by atomic mass is 9.87.